The van der Waals surface area contributed by atoms with Crippen LogP contribution in [0.5, 0.6) is 0 Å². The van der Waals surface area contributed by atoms with Crippen molar-refractivity contribution in [3.8, 4) is 11.5 Å². The lowest BCUT2D eigenvalue weighted by Crippen LogP contribution is -2.24. The molecule has 1 aliphatic rings. The molecule has 1 aromatic heterocycles. The van der Waals surface area contributed by atoms with Crippen molar-refractivity contribution in [3.05, 3.63) is 41.3 Å². The van der Waals surface area contributed by atoms with E-state index in [-0.39, 0.29) is 12.7 Å². The number of aliphatic hydroxyl groups excluding tert-OH is 1. The van der Waals surface area contributed by atoms with Crippen molar-refractivity contribution in [1.82, 2.24) is 4.98 Å². The lowest BCUT2D eigenvalue weighted by molar-refractivity contribution is -0.00771. The number of aryl methyl sites for hydroxylation is 2. The summed E-state index contributed by atoms with van der Waals surface area (Å²) >= 11 is 0. The molecule has 1 heterocycles. The third-order valence-electron chi connectivity index (χ3n) is 4.64. The zero-order chi connectivity index (χ0) is 16.2. The maximum absolute atomic E-state index is 9.30. The largest absolute Gasteiger partial charge is 0.441 e. The van der Waals surface area contributed by atoms with E-state index in [9.17, 15) is 5.11 Å². The van der Waals surface area contributed by atoms with Crippen molar-refractivity contribution < 1.29 is 14.3 Å². The third-order valence-corrected chi connectivity index (χ3v) is 4.64. The first-order chi connectivity index (χ1) is 11.2. The van der Waals surface area contributed by atoms with E-state index in [1.165, 1.54) is 5.56 Å². The molecule has 2 aromatic rings. The van der Waals surface area contributed by atoms with Gasteiger partial charge in [-0.3, -0.25) is 0 Å². The molecule has 23 heavy (non-hydrogen) atoms. The van der Waals surface area contributed by atoms with Gasteiger partial charge >= 0.3 is 0 Å². The molecule has 2 atom stereocenters. The number of hydrogen-bond donors (Lipinski definition) is 1. The average molecular weight is 315 g/mol. The Hall–Kier alpha value is -1.65. The second kappa shape index (κ2) is 7.28. The molecule has 0 amide bonds. The van der Waals surface area contributed by atoms with Gasteiger partial charge in [0.2, 0.25) is 5.89 Å². The molecular formula is C19H25NO3. The predicted molar refractivity (Wildman–Crippen MR) is 89.0 cm³/mol. The van der Waals surface area contributed by atoms with Crippen LogP contribution in [0.4, 0.5) is 0 Å². The summed E-state index contributed by atoms with van der Waals surface area (Å²) in [6.07, 6.45) is 4.47. The van der Waals surface area contributed by atoms with Crippen molar-refractivity contribution >= 4 is 0 Å². The summed E-state index contributed by atoms with van der Waals surface area (Å²) in [6.45, 7) is 4.74. The summed E-state index contributed by atoms with van der Waals surface area (Å²) in [6, 6.07) is 8.17. The Morgan fingerprint density at radius 1 is 1.22 bits per heavy atom. The first kappa shape index (κ1) is 16.2. The molecule has 1 fully saturated rings. The molecule has 0 saturated heterocycles. The molecule has 3 rings (SSSR count). The van der Waals surface area contributed by atoms with Gasteiger partial charge in [0.25, 0.3) is 0 Å². The molecular weight excluding hydrogens is 290 g/mol. The van der Waals surface area contributed by atoms with Gasteiger partial charge in [0, 0.05) is 12.2 Å². The van der Waals surface area contributed by atoms with Gasteiger partial charge in [-0.1, -0.05) is 24.1 Å². The minimum atomic E-state index is 0.222. The van der Waals surface area contributed by atoms with Gasteiger partial charge in [-0.25, -0.2) is 4.98 Å². The zero-order valence-electron chi connectivity index (χ0n) is 13.9. The fraction of sp³-hybridized carbons (Fsp3) is 0.526. The van der Waals surface area contributed by atoms with Gasteiger partial charge in [-0.15, -0.1) is 0 Å². The molecule has 0 aliphatic heterocycles. The minimum absolute atomic E-state index is 0.222. The lowest BCUT2D eigenvalue weighted by Gasteiger charge is -2.27. The SMILES string of the molecule is Cc1ccc(-c2nc(COC3CCCC(CO)C3)c(C)o2)cc1. The molecule has 1 aromatic carbocycles. The molecule has 0 radical (unpaired) electrons. The molecule has 2 unspecified atom stereocenters. The number of aromatic nitrogens is 1. The summed E-state index contributed by atoms with van der Waals surface area (Å²) in [4.78, 5) is 4.59. The van der Waals surface area contributed by atoms with Gasteiger partial charge in [0.05, 0.1) is 12.7 Å². The van der Waals surface area contributed by atoms with Gasteiger partial charge < -0.3 is 14.3 Å². The fourth-order valence-corrected chi connectivity index (χ4v) is 3.14. The van der Waals surface area contributed by atoms with E-state index in [2.05, 4.69) is 24.0 Å². The standard InChI is InChI=1S/C19H25NO3/c1-13-6-8-16(9-7-13)19-20-18(14(2)23-19)12-22-17-5-3-4-15(10-17)11-21/h6-9,15,17,21H,3-5,10-12H2,1-2H3. The van der Waals surface area contributed by atoms with Crippen LogP contribution in [0.3, 0.4) is 0 Å². The maximum Gasteiger partial charge on any atom is 0.226 e. The normalized spacial score (nSPS) is 21.5. The van der Waals surface area contributed by atoms with E-state index in [1.54, 1.807) is 0 Å². The minimum Gasteiger partial charge on any atom is -0.441 e. The summed E-state index contributed by atoms with van der Waals surface area (Å²) in [7, 11) is 0. The number of nitrogens with zero attached hydrogens (tertiary/aromatic N) is 1. The van der Waals surface area contributed by atoms with Crippen LogP contribution in [0, 0.1) is 19.8 Å². The molecule has 4 nitrogen and oxygen atoms in total. The first-order valence-corrected chi connectivity index (χ1v) is 8.41. The van der Waals surface area contributed by atoms with Crippen LogP contribution < -0.4 is 0 Å². The number of benzene rings is 1. The Labute approximate surface area is 137 Å². The van der Waals surface area contributed by atoms with Crippen LogP contribution in [-0.2, 0) is 11.3 Å². The van der Waals surface area contributed by atoms with Crippen molar-refractivity contribution in [1.29, 1.82) is 0 Å². The highest BCUT2D eigenvalue weighted by Crippen LogP contribution is 2.28. The van der Waals surface area contributed by atoms with Crippen molar-refractivity contribution in [2.75, 3.05) is 6.61 Å². The van der Waals surface area contributed by atoms with Gasteiger partial charge in [0.1, 0.15) is 11.5 Å². The zero-order valence-corrected chi connectivity index (χ0v) is 13.9. The molecule has 1 saturated carbocycles. The lowest BCUT2D eigenvalue weighted by atomic mass is 9.88. The first-order valence-electron chi connectivity index (χ1n) is 8.41. The maximum atomic E-state index is 9.30. The number of rotatable bonds is 5. The topological polar surface area (TPSA) is 55.5 Å². The van der Waals surface area contributed by atoms with Crippen molar-refractivity contribution in [2.24, 2.45) is 5.92 Å². The Balaban J connectivity index is 1.63. The number of aliphatic hydroxyl groups is 1. The van der Waals surface area contributed by atoms with E-state index < -0.39 is 0 Å². The number of ether oxygens (including phenoxy) is 1. The molecule has 0 spiro atoms. The van der Waals surface area contributed by atoms with Crippen LogP contribution in [0.15, 0.2) is 28.7 Å². The average Bonchev–Trinajstić information content (AvgIpc) is 2.95. The van der Waals surface area contributed by atoms with E-state index in [0.29, 0.717) is 18.4 Å². The highest BCUT2D eigenvalue weighted by molar-refractivity contribution is 5.54. The third kappa shape index (κ3) is 4.01. The predicted octanol–water partition coefficient (Wildman–Crippen LogP) is 4.03. The molecule has 0 bridgehead atoms. The van der Waals surface area contributed by atoms with Crippen LogP contribution in [0.1, 0.15) is 42.7 Å². The summed E-state index contributed by atoms with van der Waals surface area (Å²) < 4.78 is 11.8. The van der Waals surface area contributed by atoms with Crippen LogP contribution >= 0.6 is 0 Å². The van der Waals surface area contributed by atoms with Gasteiger partial charge in [-0.05, 0) is 51.2 Å². The van der Waals surface area contributed by atoms with Gasteiger partial charge in [0.15, 0.2) is 0 Å². The second-order valence-corrected chi connectivity index (χ2v) is 6.54. The Bertz CT molecular complexity index is 633. The fourth-order valence-electron chi connectivity index (χ4n) is 3.14. The highest BCUT2D eigenvalue weighted by Gasteiger charge is 2.22. The molecule has 1 aliphatic carbocycles. The molecule has 1 N–H and O–H groups in total. The van der Waals surface area contributed by atoms with Crippen molar-refractivity contribution in [2.45, 2.75) is 52.2 Å². The van der Waals surface area contributed by atoms with Crippen LogP contribution in [0.25, 0.3) is 11.5 Å². The smallest absolute Gasteiger partial charge is 0.226 e. The quantitative estimate of drug-likeness (QED) is 0.905. The Morgan fingerprint density at radius 3 is 2.74 bits per heavy atom. The summed E-state index contributed by atoms with van der Waals surface area (Å²) in [5, 5.41) is 9.30. The van der Waals surface area contributed by atoms with Crippen molar-refractivity contribution in [3.63, 3.8) is 0 Å². The number of oxazole rings is 1. The number of hydrogen-bond acceptors (Lipinski definition) is 4. The van der Waals surface area contributed by atoms with E-state index in [0.717, 1.165) is 42.7 Å². The monoisotopic (exact) mass is 315 g/mol. The summed E-state index contributed by atoms with van der Waals surface area (Å²) in [5.41, 5.74) is 3.07. The van der Waals surface area contributed by atoms with Crippen LogP contribution in [-0.4, -0.2) is 22.8 Å². The second-order valence-electron chi connectivity index (χ2n) is 6.54. The molecule has 4 heteroatoms. The van der Waals surface area contributed by atoms with E-state index in [1.807, 2.05) is 19.1 Å². The van der Waals surface area contributed by atoms with E-state index in [4.69, 9.17) is 9.15 Å². The highest BCUT2D eigenvalue weighted by atomic mass is 16.5. The summed E-state index contributed by atoms with van der Waals surface area (Å²) in [5.74, 6) is 1.85. The van der Waals surface area contributed by atoms with E-state index >= 15 is 0 Å². The Morgan fingerprint density at radius 2 is 2.00 bits per heavy atom. The van der Waals surface area contributed by atoms with Crippen LogP contribution in [0.2, 0.25) is 0 Å². The Kier molecular flexibility index (Phi) is 5.13. The van der Waals surface area contributed by atoms with Gasteiger partial charge in [-0.2, -0.15) is 0 Å². The molecule has 124 valence electrons.